The quantitative estimate of drug-likeness (QED) is 0.529. The number of rotatable bonds is 6. The Morgan fingerprint density at radius 1 is 1.40 bits per heavy atom. The number of nitrogens with zero attached hydrogens (tertiary/aromatic N) is 1. The summed E-state index contributed by atoms with van der Waals surface area (Å²) in [6.07, 6.45) is 5.45. The molecule has 0 aliphatic carbocycles. The van der Waals surface area contributed by atoms with E-state index in [2.05, 4.69) is 4.98 Å². The Bertz CT molecular complexity index is 333. The standard InChI is InChI=1S/C12H15NO2/c1-2-3-6-11(14)8-12(15)10-5-4-7-13-9-10/h4-5,7,9H,2-3,6,8H2,1H3. The van der Waals surface area contributed by atoms with E-state index in [0.717, 1.165) is 12.8 Å². The van der Waals surface area contributed by atoms with E-state index >= 15 is 0 Å². The molecular weight excluding hydrogens is 190 g/mol. The van der Waals surface area contributed by atoms with E-state index in [1.807, 2.05) is 6.92 Å². The van der Waals surface area contributed by atoms with Crippen molar-refractivity contribution in [2.45, 2.75) is 32.6 Å². The van der Waals surface area contributed by atoms with Crippen molar-refractivity contribution in [2.75, 3.05) is 0 Å². The second-order valence-electron chi connectivity index (χ2n) is 3.48. The van der Waals surface area contributed by atoms with Crippen LogP contribution in [0.3, 0.4) is 0 Å². The molecule has 0 fully saturated rings. The Labute approximate surface area is 89.5 Å². The molecule has 1 heterocycles. The Balaban J connectivity index is 2.46. The fourth-order valence-electron chi connectivity index (χ4n) is 1.27. The van der Waals surface area contributed by atoms with Crippen molar-refractivity contribution in [3.63, 3.8) is 0 Å². The topological polar surface area (TPSA) is 47.0 Å². The largest absolute Gasteiger partial charge is 0.299 e. The molecule has 0 aromatic carbocycles. The zero-order valence-electron chi connectivity index (χ0n) is 8.90. The lowest BCUT2D eigenvalue weighted by atomic mass is 10.0. The highest BCUT2D eigenvalue weighted by molar-refractivity contribution is 6.07. The minimum absolute atomic E-state index is 0.00565. The van der Waals surface area contributed by atoms with Crippen molar-refractivity contribution in [1.82, 2.24) is 4.98 Å². The number of carbonyl (C=O) groups excluding carboxylic acids is 2. The molecule has 0 amide bonds. The van der Waals surface area contributed by atoms with E-state index in [-0.39, 0.29) is 18.0 Å². The second-order valence-corrected chi connectivity index (χ2v) is 3.48. The van der Waals surface area contributed by atoms with E-state index in [1.165, 1.54) is 6.20 Å². The SMILES string of the molecule is CCCCC(=O)CC(=O)c1cccnc1. The molecule has 80 valence electrons. The summed E-state index contributed by atoms with van der Waals surface area (Å²) in [4.78, 5) is 26.7. The monoisotopic (exact) mass is 205 g/mol. The third-order valence-electron chi connectivity index (χ3n) is 2.15. The number of hydrogen-bond acceptors (Lipinski definition) is 3. The fraction of sp³-hybridized carbons (Fsp3) is 0.417. The number of aromatic nitrogens is 1. The molecule has 1 aromatic heterocycles. The average Bonchev–Trinajstić information content (AvgIpc) is 2.27. The highest BCUT2D eigenvalue weighted by Gasteiger charge is 2.10. The Hall–Kier alpha value is -1.51. The van der Waals surface area contributed by atoms with Gasteiger partial charge in [-0.1, -0.05) is 13.3 Å². The summed E-state index contributed by atoms with van der Waals surface area (Å²) in [5.74, 6) is -0.116. The van der Waals surface area contributed by atoms with E-state index < -0.39 is 0 Å². The first-order valence-corrected chi connectivity index (χ1v) is 5.19. The highest BCUT2D eigenvalue weighted by Crippen LogP contribution is 2.05. The molecule has 0 aliphatic rings. The molecule has 1 aromatic rings. The number of ketones is 2. The van der Waals surface area contributed by atoms with Gasteiger partial charge in [0, 0.05) is 24.4 Å². The summed E-state index contributed by atoms with van der Waals surface area (Å²) in [7, 11) is 0. The Morgan fingerprint density at radius 3 is 2.80 bits per heavy atom. The lowest BCUT2D eigenvalue weighted by molar-refractivity contribution is -0.118. The maximum absolute atomic E-state index is 11.6. The lowest BCUT2D eigenvalue weighted by Crippen LogP contribution is -2.08. The predicted molar refractivity (Wildman–Crippen MR) is 57.7 cm³/mol. The minimum atomic E-state index is -0.135. The van der Waals surface area contributed by atoms with Gasteiger partial charge in [0.2, 0.25) is 0 Å². The number of unbranched alkanes of at least 4 members (excludes halogenated alkanes) is 1. The molecule has 0 bridgehead atoms. The summed E-state index contributed by atoms with van der Waals surface area (Å²) in [5.41, 5.74) is 0.516. The van der Waals surface area contributed by atoms with Crippen LogP contribution in [0, 0.1) is 0 Å². The third-order valence-corrected chi connectivity index (χ3v) is 2.15. The third kappa shape index (κ3) is 4.02. The molecule has 0 aliphatic heterocycles. The van der Waals surface area contributed by atoms with Crippen LogP contribution in [-0.2, 0) is 4.79 Å². The second kappa shape index (κ2) is 6.06. The predicted octanol–water partition coefficient (Wildman–Crippen LogP) is 2.41. The summed E-state index contributed by atoms with van der Waals surface area (Å²) in [5, 5.41) is 0. The van der Waals surface area contributed by atoms with Crippen LogP contribution in [0.5, 0.6) is 0 Å². The zero-order chi connectivity index (χ0) is 11.1. The van der Waals surface area contributed by atoms with Crippen molar-refractivity contribution in [2.24, 2.45) is 0 Å². The van der Waals surface area contributed by atoms with Gasteiger partial charge in [-0.25, -0.2) is 0 Å². The van der Waals surface area contributed by atoms with E-state index in [9.17, 15) is 9.59 Å². The average molecular weight is 205 g/mol. The maximum atomic E-state index is 11.6. The van der Waals surface area contributed by atoms with Gasteiger partial charge >= 0.3 is 0 Å². The number of Topliss-reactive ketones (excluding diaryl/α,β-unsaturated/α-hetero) is 2. The Morgan fingerprint density at radius 2 is 2.20 bits per heavy atom. The van der Waals surface area contributed by atoms with Crippen LogP contribution in [0.1, 0.15) is 43.0 Å². The molecule has 0 unspecified atom stereocenters. The number of pyridine rings is 1. The van der Waals surface area contributed by atoms with Gasteiger partial charge in [-0.15, -0.1) is 0 Å². The molecule has 15 heavy (non-hydrogen) atoms. The molecule has 3 nitrogen and oxygen atoms in total. The smallest absolute Gasteiger partial charge is 0.171 e. The maximum Gasteiger partial charge on any atom is 0.171 e. The summed E-state index contributed by atoms with van der Waals surface area (Å²) < 4.78 is 0. The molecule has 0 N–H and O–H groups in total. The fourth-order valence-corrected chi connectivity index (χ4v) is 1.27. The van der Waals surface area contributed by atoms with Crippen molar-refractivity contribution in [1.29, 1.82) is 0 Å². The van der Waals surface area contributed by atoms with Crippen LogP contribution in [0.25, 0.3) is 0 Å². The molecule has 0 saturated heterocycles. The van der Waals surface area contributed by atoms with Crippen molar-refractivity contribution in [3.8, 4) is 0 Å². The van der Waals surface area contributed by atoms with Crippen LogP contribution in [0.2, 0.25) is 0 Å². The van der Waals surface area contributed by atoms with Gasteiger partial charge in [0.25, 0.3) is 0 Å². The Kier molecular flexibility index (Phi) is 4.68. The van der Waals surface area contributed by atoms with Crippen molar-refractivity contribution < 1.29 is 9.59 Å². The molecule has 0 saturated carbocycles. The van der Waals surface area contributed by atoms with Crippen molar-refractivity contribution >= 4 is 11.6 Å². The van der Waals surface area contributed by atoms with Crippen LogP contribution in [-0.4, -0.2) is 16.6 Å². The molecule has 1 rings (SSSR count). The molecule has 0 radical (unpaired) electrons. The van der Waals surface area contributed by atoms with Gasteiger partial charge in [-0.3, -0.25) is 14.6 Å². The van der Waals surface area contributed by atoms with Gasteiger partial charge < -0.3 is 0 Å². The molecule has 0 atom stereocenters. The first-order valence-electron chi connectivity index (χ1n) is 5.19. The summed E-state index contributed by atoms with van der Waals surface area (Å²) in [6.45, 7) is 2.02. The number of hydrogen-bond donors (Lipinski definition) is 0. The number of carbonyl (C=O) groups is 2. The molecular formula is C12H15NO2. The van der Waals surface area contributed by atoms with Gasteiger partial charge in [0.15, 0.2) is 5.78 Å². The zero-order valence-corrected chi connectivity index (χ0v) is 8.90. The van der Waals surface area contributed by atoms with E-state index in [1.54, 1.807) is 18.3 Å². The van der Waals surface area contributed by atoms with Crippen LogP contribution in [0.15, 0.2) is 24.5 Å². The highest BCUT2D eigenvalue weighted by atomic mass is 16.1. The van der Waals surface area contributed by atoms with Gasteiger partial charge in [0.05, 0.1) is 6.42 Å². The summed E-state index contributed by atoms with van der Waals surface area (Å²) in [6, 6.07) is 3.38. The van der Waals surface area contributed by atoms with Crippen LogP contribution < -0.4 is 0 Å². The van der Waals surface area contributed by atoms with Gasteiger partial charge in [-0.05, 0) is 18.6 Å². The normalized spacial score (nSPS) is 9.93. The van der Waals surface area contributed by atoms with Gasteiger partial charge in [-0.2, -0.15) is 0 Å². The minimum Gasteiger partial charge on any atom is -0.299 e. The summed E-state index contributed by atoms with van der Waals surface area (Å²) >= 11 is 0. The lowest BCUT2D eigenvalue weighted by Gasteiger charge is -1.99. The molecule has 3 heteroatoms. The van der Waals surface area contributed by atoms with E-state index in [0.29, 0.717) is 12.0 Å². The molecule has 0 spiro atoms. The first kappa shape index (κ1) is 11.6. The van der Waals surface area contributed by atoms with Crippen LogP contribution in [0.4, 0.5) is 0 Å². The van der Waals surface area contributed by atoms with E-state index in [4.69, 9.17) is 0 Å². The first-order chi connectivity index (χ1) is 7.24. The van der Waals surface area contributed by atoms with Gasteiger partial charge in [0.1, 0.15) is 5.78 Å². The van der Waals surface area contributed by atoms with Crippen LogP contribution >= 0.6 is 0 Å². The van der Waals surface area contributed by atoms with Crippen molar-refractivity contribution in [3.05, 3.63) is 30.1 Å².